The van der Waals surface area contributed by atoms with Crippen LogP contribution < -0.4 is 0 Å². The Hall–Kier alpha value is -3.65. The molecule has 35 heavy (non-hydrogen) atoms. The molecule has 0 saturated heterocycles. The van der Waals surface area contributed by atoms with Crippen molar-refractivity contribution in [1.82, 2.24) is 4.57 Å². The summed E-state index contributed by atoms with van der Waals surface area (Å²) in [6.45, 7) is 1.45. The first-order chi connectivity index (χ1) is 16.6. The highest BCUT2D eigenvalue weighted by atomic mass is 32.2. The second-order valence-electron chi connectivity index (χ2n) is 8.06. The van der Waals surface area contributed by atoms with E-state index >= 15 is 0 Å². The summed E-state index contributed by atoms with van der Waals surface area (Å²) in [4.78, 5) is 12.9. The molecule has 0 aliphatic heterocycles. The zero-order valence-electron chi connectivity index (χ0n) is 18.8. The van der Waals surface area contributed by atoms with Gasteiger partial charge in [0.2, 0.25) is 0 Å². The van der Waals surface area contributed by atoms with Crippen LogP contribution in [0.15, 0.2) is 94.7 Å². The zero-order valence-corrected chi connectivity index (χ0v) is 19.6. The predicted octanol–water partition coefficient (Wildman–Crippen LogP) is 6.32. The summed E-state index contributed by atoms with van der Waals surface area (Å²) in [5.41, 5.74) is 2.53. The number of carboxylic acids is 1. The van der Waals surface area contributed by atoms with Crippen LogP contribution in [0.1, 0.15) is 22.4 Å². The summed E-state index contributed by atoms with van der Waals surface area (Å²) in [6.07, 6.45) is -4.07. The minimum Gasteiger partial charge on any atom is -0.480 e. The molecular weight excluding hydrogens is 475 g/mol. The number of hydrogen-bond donors (Lipinski definition) is 1. The lowest BCUT2D eigenvalue weighted by Crippen LogP contribution is -2.12. The fraction of sp³-hybridized carbons (Fsp3) is 0.148. The minimum atomic E-state index is -4.46. The number of aromatic nitrogens is 1. The summed E-state index contributed by atoms with van der Waals surface area (Å²) in [5.74, 6) is -1.06. The molecule has 180 valence electrons. The summed E-state index contributed by atoms with van der Waals surface area (Å²) < 4.78 is 53.8. The van der Waals surface area contributed by atoms with Crippen molar-refractivity contribution in [2.45, 2.75) is 35.9 Å². The van der Waals surface area contributed by atoms with Gasteiger partial charge in [-0.05, 0) is 60.0 Å². The van der Waals surface area contributed by atoms with Crippen LogP contribution in [0.4, 0.5) is 13.2 Å². The molecule has 4 nitrogen and oxygen atoms in total. The van der Waals surface area contributed by atoms with Crippen LogP contribution in [-0.2, 0) is 34.7 Å². The first-order valence-electron chi connectivity index (χ1n) is 10.8. The molecule has 0 amide bonds. The van der Waals surface area contributed by atoms with Crippen molar-refractivity contribution < 1.29 is 27.3 Å². The van der Waals surface area contributed by atoms with Gasteiger partial charge in [-0.3, -0.25) is 4.79 Å². The molecular formula is C27H22F3NO3S. The van der Waals surface area contributed by atoms with Crippen molar-refractivity contribution in [2.75, 3.05) is 0 Å². The Labute approximate surface area is 203 Å². The number of carbonyl (C=O) groups is 1. The van der Waals surface area contributed by atoms with E-state index in [0.29, 0.717) is 33.2 Å². The molecule has 4 rings (SSSR count). The number of halogens is 3. The number of benzene rings is 3. The van der Waals surface area contributed by atoms with Crippen molar-refractivity contribution in [3.8, 4) is 11.3 Å². The van der Waals surface area contributed by atoms with E-state index in [9.17, 15) is 27.3 Å². The van der Waals surface area contributed by atoms with Crippen LogP contribution in [0.2, 0.25) is 0 Å². The highest BCUT2D eigenvalue weighted by Gasteiger charge is 2.30. The Bertz CT molecular complexity index is 1380. The molecule has 4 aromatic rings. The molecule has 3 aromatic carbocycles. The molecule has 0 fully saturated rings. The van der Waals surface area contributed by atoms with Crippen LogP contribution in [-0.4, -0.2) is 19.9 Å². The van der Waals surface area contributed by atoms with E-state index in [-0.39, 0.29) is 6.54 Å². The number of hydrogen-bond acceptors (Lipinski definition) is 2. The monoisotopic (exact) mass is 497 g/mol. The van der Waals surface area contributed by atoms with E-state index in [0.717, 1.165) is 23.3 Å². The van der Waals surface area contributed by atoms with Gasteiger partial charge in [0.05, 0.1) is 16.4 Å². The number of rotatable bonds is 7. The van der Waals surface area contributed by atoms with E-state index in [4.69, 9.17) is 0 Å². The molecule has 8 heteroatoms. The van der Waals surface area contributed by atoms with Crippen LogP contribution >= 0.6 is 0 Å². The van der Waals surface area contributed by atoms with Gasteiger partial charge in [0.25, 0.3) is 0 Å². The van der Waals surface area contributed by atoms with Crippen molar-refractivity contribution >= 4 is 16.8 Å². The average Bonchev–Trinajstić information content (AvgIpc) is 3.13. The average molecular weight is 498 g/mol. The van der Waals surface area contributed by atoms with Gasteiger partial charge in [0, 0.05) is 27.6 Å². The maximum atomic E-state index is 13.2. The van der Waals surface area contributed by atoms with Crippen molar-refractivity contribution in [2.24, 2.45) is 0 Å². The van der Waals surface area contributed by atoms with Crippen molar-refractivity contribution in [3.05, 3.63) is 107 Å². The smallest absolute Gasteiger partial charge is 0.416 e. The summed E-state index contributed by atoms with van der Waals surface area (Å²) in [6, 6.07) is 22.9. The van der Waals surface area contributed by atoms with E-state index < -0.39 is 28.5 Å². The molecule has 1 heterocycles. The van der Waals surface area contributed by atoms with Gasteiger partial charge in [0.15, 0.2) is 0 Å². The summed E-state index contributed by atoms with van der Waals surface area (Å²) in [5, 5.41) is 9.45. The van der Waals surface area contributed by atoms with E-state index in [1.165, 1.54) is 12.1 Å². The normalized spacial score (nSPS) is 12.5. The predicted molar refractivity (Wildman–Crippen MR) is 128 cm³/mol. The third-order valence-electron chi connectivity index (χ3n) is 5.78. The minimum absolute atomic E-state index is 0.334. The standard InChI is InChI=1S/C27H22F3NO3S/c1-18-21(15-20-7-5-6-10-25(20)35(34)23-8-3-2-4-9-23)16-24(31(18)17-26(32)33)19-11-13-22(14-12-19)27(28,29)30/h2-14,16H,15,17H2,1H3,(H,32,33). The lowest BCUT2D eigenvalue weighted by Gasteiger charge is -2.12. The van der Waals surface area contributed by atoms with E-state index in [1.54, 1.807) is 35.8 Å². The third kappa shape index (κ3) is 5.38. The molecule has 1 aromatic heterocycles. The first kappa shape index (κ1) is 24.5. The lowest BCUT2D eigenvalue weighted by molar-refractivity contribution is -0.138. The fourth-order valence-corrected chi connectivity index (χ4v) is 5.23. The highest BCUT2D eigenvalue weighted by Crippen LogP contribution is 2.33. The summed E-state index contributed by atoms with van der Waals surface area (Å²) >= 11 is 0. The number of nitrogens with zero attached hydrogens (tertiary/aromatic N) is 1. The van der Waals surface area contributed by atoms with Gasteiger partial charge in [-0.1, -0.05) is 48.5 Å². The Morgan fingerprint density at radius 2 is 1.54 bits per heavy atom. The van der Waals surface area contributed by atoms with Crippen molar-refractivity contribution in [1.29, 1.82) is 0 Å². The van der Waals surface area contributed by atoms with Gasteiger partial charge in [-0.2, -0.15) is 13.2 Å². The molecule has 0 aliphatic rings. The van der Waals surface area contributed by atoms with Gasteiger partial charge >= 0.3 is 12.1 Å². The summed E-state index contributed by atoms with van der Waals surface area (Å²) in [7, 11) is -1.40. The Morgan fingerprint density at radius 3 is 2.17 bits per heavy atom. The van der Waals surface area contributed by atoms with Gasteiger partial charge < -0.3 is 9.67 Å². The van der Waals surface area contributed by atoms with E-state index in [1.807, 2.05) is 36.4 Å². The molecule has 1 atom stereocenters. The Kier molecular flexibility index (Phi) is 6.93. The maximum absolute atomic E-state index is 13.2. The van der Waals surface area contributed by atoms with Crippen LogP contribution in [0, 0.1) is 6.92 Å². The molecule has 1 unspecified atom stereocenters. The van der Waals surface area contributed by atoms with E-state index in [2.05, 4.69) is 0 Å². The molecule has 0 radical (unpaired) electrons. The van der Waals surface area contributed by atoms with Gasteiger partial charge in [-0.25, -0.2) is 4.21 Å². The SMILES string of the molecule is Cc1c(Cc2ccccc2S(=O)c2ccccc2)cc(-c2ccc(C(F)(F)F)cc2)n1CC(=O)O. The number of alkyl halides is 3. The second-order valence-corrected chi connectivity index (χ2v) is 9.51. The number of carboxylic acid groups (broad SMARTS) is 1. The largest absolute Gasteiger partial charge is 0.480 e. The van der Waals surface area contributed by atoms with Crippen LogP contribution in [0.3, 0.4) is 0 Å². The highest BCUT2D eigenvalue weighted by molar-refractivity contribution is 7.85. The maximum Gasteiger partial charge on any atom is 0.416 e. The van der Waals surface area contributed by atoms with Crippen LogP contribution in [0.25, 0.3) is 11.3 Å². The zero-order chi connectivity index (χ0) is 25.2. The molecule has 0 saturated carbocycles. The molecule has 0 aliphatic carbocycles. The quantitative estimate of drug-likeness (QED) is 0.325. The van der Waals surface area contributed by atoms with Gasteiger partial charge in [0.1, 0.15) is 6.54 Å². The van der Waals surface area contributed by atoms with Gasteiger partial charge in [-0.15, -0.1) is 0 Å². The molecule has 0 bridgehead atoms. The second kappa shape index (κ2) is 9.92. The fourth-order valence-electron chi connectivity index (χ4n) is 4.00. The third-order valence-corrected chi connectivity index (χ3v) is 7.28. The number of aliphatic carboxylic acids is 1. The lowest BCUT2D eigenvalue weighted by atomic mass is 10.0. The topological polar surface area (TPSA) is 59.3 Å². The van der Waals surface area contributed by atoms with Crippen LogP contribution in [0.5, 0.6) is 0 Å². The first-order valence-corrected chi connectivity index (χ1v) is 11.9. The Morgan fingerprint density at radius 1 is 0.914 bits per heavy atom. The molecule has 1 N–H and O–H groups in total. The Balaban J connectivity index is 1.74. The molecule has 0 spiro atoms. The van der Waals surface area contributed by atoms with Crippen molar-refractivity contribution in [3.63, 3.8) is 0 Å².